The smallest absolute Gasteiger partial charge is 0.273 e. The minimum Gasteiger partial charge on any atom is -0.493 e. The lowest BCUT2D eigenvalue weighted by Gasteiger charge is -2.14. The molecule has 1 atom stereocenters. The molecule has 7 nitrogen and oxygen atoms in total. The first-order valence-electron chi connectivity index (χ1n) is 5.92. The summed E-state index contributed by atoms with van der Waals surface area (Å²) in [4.78, 5) is 10.2. The van der Waals surface area contributed by atoms with Crippen molar-refractivity contribution in [1.29, 1.82) is 0 Å². The van der Waals surface area contributed by atoms with Gasteiger partial charge < -0.3 is 19.9 Å². The van der Waals surface area contributed by atoms with Gasteiger partial charge >= 0.3 is 0 Å². The van der Waals surface area contributed by atoms with Gasteiger partial charge in [0.1, 0.15) is 12.7 Å². The normalized spacial score (nSPS) is 11.9. The number of nitrogens with one attached hydrogen (secondary N) is 1. The van der Waals surface area contributed by atoms with Crippen molar-refractivity contribution in [1.82, 2.24) is 5.32 Å². The molecule has 0 fully saturated rings. The van der Waals surface area contributed by atoms with Crippen LogP contribution in [0.25, 0.3) is 0 Å². The van der Waals surface area contributed by atoms with E-state index in [4.69, 9.17) is 9.47 Å². The average Bonchev–Trinajstić information content (AvgIpc) is 2.42. The van der Waals surface area contributed by atoms with Crippen LogP contribution in [0.15, 0.2) is 18.2 Å². The molecule has 0 heterocycles. The Hall–Kier alpha value is -1.86. The van der Waals surface area contributed by atoms with Crippen molar-refractivity contribution in [2.75, 3.05) is 26.8 Å². The van der Waals surface area contributed by atoms with E-state index < -0.39 is 11.0 Å². The fraction of sp³-hybridized carbons (Fsp3) is 0.500. The largest absolute Gasteiger partial charge is 0.493 e. The molecule has 0 aliphatic heterocycles. The Morgan fingerprint density at radius 2 is 2.21 bits per heavy atom. The second-order valence-electron chi connectivity index (χ2n) is 3.86. The number of hydrogen-bond donors (Lipinski definition) is 2. The number of likely N-dealkylation sites (N-methyl/N-ethyl adjacent to an activating group) is 1. The predicted octanol–water partition coefficient (Wildman–Crippen LogP) is 0.953. The van der Waals surface area contributed by atoms with Crippen molar-refractivity contribution in [2.24, 2.45) is 0 Å². The summed E-state index contributed by atoms with van der Waals surface area (Å²) >= 11 is 0. The highest BCUT2D eigenvalue weighted by atomic mass is 16.6. The van der Waals surface area contributed by atoms with Crippen molar-refractivity contribution in [3.8, 4) is 11.5 Å². The fourth-order valence-corrected chi connectivity index (χ4v) is 1.45. The van der Waals surface area contributed by atoms with E-state index in [0.717, 1.165) is 6.54 Å². The van der Waals surface area contributed by atoms with E-state index in [-0.39, 0.29) is 18.0 Å². The summed E-state index contributed by atoms with van der Waals surface area (Å²) in [6.45, 7) is 3.10. The number of methoxy groups -OCH3 is 1. The molecule has 1 rings (SSSR count). The molecule has 0 spiro atoms. The molecule has 0 aliphatic rings. The van der Waals surface area contributed by atoms with Crippen LogP contribution in [0.2, 0.25) is 0 Å². The highest BCUT2D eigenvalue weighted by Gasteiger charge is 2.13. The highest BCUT2D eigenvalue weighted by molar-refractivity contribution is 5.48. The van der Waals surface area contributed by atoms with Crippen molar-refractivity contribution < 1.29 is 19.5 Å². The molecule has 0 aromatic heterocycles. The van der Waals surface area contributed by atoms with Crippen LogP contribution in [-0.4, -0.2) is 42.9 Å². The van der Waals surface area contributed by atoms with Gasteiger partial charge in [0.05, 0.1) is 18.1 Å². The number of aliphatic hydroxyl groups is 1. The van der Waals surface area contributed by atoms with E-state index in [1.165, 1.54) is 25.3 Å². The van der Waals surface area contributed by atoms with E-state index >= 15 is 0 Å². The Bertz CT molecular complexity index is 425. The maximum atomic E-state index is 10.7. The molecule has 0 radical (unpaired) electrons. The number of non-ortho nitro benzene ring substituents is 1. The molecule has 1 unspecified atom stereocenters. The number of hydrogen-bond acceptors (Lipinski definition) is 6. The number of nitrogens with zero attached hydrogens (tertiary/aromatic N) is 1. The zero-order valence-electron chi connectivity index (χ0n) is 11.0. The van der Waals surface area contributed by atoms with Crippen molar-refractivity contribution >= 4 is 5.69 Å². The Morgan fingerprint density at radius 3 is 2.79 bits per heavy atom. The first kappa shape index (κ1) is 15.2. The molecule has 0 aliphatic carbocycles. The Kier molecular flexibility index (Phi) is 6.04. The topological polar surface area (TPSA) is 93.9 Å². The number of ether oxygens (including phenoxy) is 2. The molecule has 0 bridgehead atoms. The molecule has 1 aromatic carbocycles. The first-order chi connectivity index (χ1) is 9.08. The maximum absolute atomic E-state index is 10.7. The molecule has 19 heavy (non-hydrogen) atoms. The number of nitro benzene ring substituents is 1. The van der Waals surface area contributed by atoms with Crippen molar-refractivity contribution in [2.45, 2.75) is 13.0 Å². The van der Waals surface area contributed by atoms with Crippen LogP contribution in [-0.2, 0) is 0 Å². The van der Waals surface area contributed by atoms with Crippen molar-refractivity contribution in [3.63, 3.8) is 0 Å². The van der Waals surface area contributed by atoms with Crippen molar-refractivity contribution in [3.05, 3.63) is 28.3 Å². The minimum atomic E-state index is -0.691. The third-order valence-corrected chi connectivity index (χ3v) is 2.42. The van der Waals surface area contributed by atoms with Gasteiger partial charge in [-0.2, -0.15) is 0 Å². The number of aliphatic hydroxyl groups excluding tert-OH is 1. The highest BCUT2D eigenvalue weighted by Crippen LogP contribution is 2.31. The number of benzene rings is 1. The van der Waals surface area contributed by atoms with Gasteiger partial charge in [-0.05, 0) is 12.6 Å². The molecule has 0 amide bonds. The van der Waals surface area contributed by atoms with E-state index in [0.29, 0.717) is 12.3 Å². The van der Waals surface area contributed by atoms with E-state index in [9.17, 15) is 15.2 Å². The zero-order valence-corrected chi connectivity index (χ0v) is 11.0. The summed E-state index contributed by atoms with van der Waals surface area (Å²) in [5, 5.41) is 23.3. The zero-order chi connectivity index (χ0) is 14.3. The van der Waals surface area contributed by atoms with Gasteiger partial charge in [-0.25, -0.2) is 0 Å². The summed E-state index contributed by atoms with van der Waals surface area (Å²) in [7, 11) is 1.45. The number of nitro groups is 1. The fourth-order valence-electron chi connectivity index (χ4n) is 1.45. The van der Waals surface area contributed by atoms with Crippen LogP contribution >= 0.6 is 0 Å². The van der Waals surface area contributed by atoms with Gasteiger partial charge in [0.25, 0.3) is 5.69 Å². The Morgan fingerprint density at radius 1 is 1.47 bits per heavy atom. The second kappa shape index (κ2) is 7.55. The number of rotatable bonds is 8. The van der Waals surface area contributed by atoms with E-state index in [1.807, 2.05) is 6.92 Å². The van der Waals surface area contributed by atoms with Crippen LogP contribution < -0.4 is 14.8 Å². The monoisotopic (exact) mass is 270 g/mol. The summed E-state index contributed by atoms with van der Waals surface area (Å²) < 4.78 is 10.4. The average molecular weight is 270 g/mol. The molecule has 0 saturated heterocycles. The molecular formula is C12H18N2O5. The first-order valence-corrected chi connectivity index (χ1v) is 5.92. The van der Waals surface area contributed by atoms with Gasteiger partial charge in [-0.15, -0.1) is 0 Å². The third-order valence-electron chi connectivity index (χ3n) is 2.42. The van der Waals surface area contributed by atoms with Crippen LogP contribution in [0.1, 0.15) is 6.92 Å². The molecule has 106 valence electrons. The standard InChI is InChI=1S/C12H18N2O5/c1-3-13-7-10(15)8-19-12-6-9(14(16)17)4-5-11(12)18-2/h4-6,10,13,15H,3,7-8H2,1-2H3. The van der Waals surface area contributed by atoms with Gasteiger partial charge in [-0.3, -0.25) is 10.1 Å². The van der Waals surface area contributed by atoms with Crippen LogP contribution in [0.3, 0.4) is 0 Å². The summed E-state index contributed by atoms with van der Waals surface area (Å²) in [6, 6.07) is 4.07. The third kappa shape index (κ3) is 4.72. The van der Waals surface area contributed by atoms with Crippen LogP contribution in [0, 0.1) is 10.1 Å². The molecule has 2 N–H and O–H groups in total. The Labute approximate surface area is 111 Å². The second-order valence-corrected chi connectivity index (χ2v) is 3.86. The van der Waals surface area contributed by atoms with Gasteiger partial charge in [0.2, 0.25) is 0 Å². The predicted molar refractivity (Wildman–Crippen MR) is 69.7 cm³/mol. The summed E-state index contributed by atoms with van der Waals surface area (Å²) in [6.07, 6.45) is -0.691. The quantitative estimate of drug-likeness (QED) is 0.539. The molecule has 1 aromatic rings. The van der Waals surface area contributed by atoms with Gasteiger partial charge in [-0.1, -0.05) is 6.92 Å². The lowest BCUT2D eigenvalue weighted by atomic mass is 10.3. The van der Waals surface area contributed by atoms with E-state index in [2.05, 4.69) is 5.32 Å². The lowest BCUT2D eigenvalue weighted by Crippen LogP contribution is -2.31. The maximum Gasteiger partial charge on any atom is 0.273 e. The minimum absolute atomic E-state index is 0.0323. The molecular weight excluding hydrogens is 252 g/mol. The Balaban J connectivity index is 2.69. The molecule has 7 heteroatoms. The van der Waals surface area contributed by atoms with E-state index in [1.54, 1.807) is 0 Å². The van der Waals surface area contributed by atoms with Crippen LogP contribution in [0.5, 0.6) is 11.5 Å². The molecule has 0 saturated carbocycles. The van der Waals surface area contributed by atoms with Gasteiger partial charge in [0.15, 0.2) is 11.5 Å². The summed E-state index contributed by atoms with van der Waals surface area (Å²) in [5.74, 6) is 0.633. The summed E-state index contributed by atoms with van der Waals surface area (Å²) in [5.41, 5.74) is -0.0861. The van der Waals surface area contributed by atoms with Crippen LogP contribution in [0.4, 0.5) is 5.69 Å². The lowest BCUT2D eigenvalue weighted by molar-refractivity contribution is -0.385. The van der Waals surface area contributed by atoms with Gasteiger partial charge in [0, 0.05) is 12.6 Å². The SMILES string of the molecule is CCNCC(O)COc1cc([N+](=O)[O-])ccc1OC.